The molecular formula is C7H12F2N2O2S. The molecule has 0 spiro atoms. The molecule has 1 heterocycles. The van der Waals surface area contributed by atoms with E-state index in [9.17, 15) is 13.6 Å². The molecule has 1 amide bonds. The van der Waals surface area contributed by atoms with Crippen molar-refractivity contribution in [3.05, 3.63) is 0 Å². The summed E-state index contributed by atoms with van der Waals surface area (Å²) in [4.78, 5) is 11.2. The highest BCUT2D eigenvalue weighted by Crippen LogP contribution is 2.12. The van der Waals surface area contributed by atoms with Gasteiger partial charge in [-0.2, -0.15) is 0 Å². The summed E-state index contributed by atoms with van der Waals surface area (Å²) in [5.74, 6) is -2.42. The van der Waals surface area contributed by atoms with Gasteiger partial charge in [-0.1, -0.05) is 0 Å². The molecule has 0 bridgehead atoms. The van der Waals surface area contributed by atoms with Crippen molar-refractivity contribution < 1.29 is 18.7 Å². The molecule has 0 aromatic rings. The van der Waals surface area contributed by atoms with Gasteiger partial charge in [-0.15, -0.1) is 11.8 Å². The van der Waals surface area contributed by atoms with Crippen LogP contribution in [0.3, 0.4) is 0 Å². The summed E-state index contributed by atoms with van der Waals surface area (Å²) in [6.07, 6.45) is 0. The molecule has 4 nitrogen and oxygen atoms in total. The zero-order valence-electron chi connectivity index (χ0n) is 7.43. The molecule has 1 saturated heterocycles. The van der Waals surface area contributed by atoms with Crippen LogP contribution in [0.2, 0.25) is 0 Å². The molecule has 0 aromatic heterocycles. The van der Waals surface area contributed by atoms with Gasteiger partial charge >= 0.3 is 0 Å². The number of nitrogens with one attached hydrogen (secondary N) is 2. The SMILES string of the molecule is O=C(NCC(F)(F)CO)C1CSCN1. The molecule has 1 atom stereocenters. The Morgan fingerprint density at radius 1 is 1.71 bits per heavy atom. The van der Waals surface area contributed by atoms with Gasteiger partial charge < -0.3 is 10.4 Å². The third-order valence-corrected chi connectivity index (χ3v) is 2.73. The number of thioether (sulfide) groups is 1. The summed E-state index contributed by atoms with van der Waals surface area (Å²) in [6.45, 7) is -2.06. The topological polar surface area (TPSA) is 61.4 Å². The number of aliphatic hydroxyl groups is 1. The first kappa shape index (κ1) is 11.7. The molecular weight excluding hydrogens is 214 g/mol. The second-order valence-electron chi connectivity index (χ2n) is 3.00. The van der Waals surface area contributed by atoms with Gasteiger partial charge in [0.25, 0.3) is 5.92 Å². The lowest BCUT2D eigenvalue weighted by molar-refractivity contribution is -0.125. The Labute approximate surface area is 84.4 Å². The van der Waals surface area contributed by atoms with Crippen LogP contribution in [0.15, 0.2) is 0 Å². The fraction of sp³-hybridized carbons (Fsp3) is 0.857. The second kappa shape index (κ2) is 4.90. The van der Waals surface area contributed by atoms with E-state index in [1.165, 1.54) is 0 Å². The quantitative estimate of drug-likeness (QED) is 0.598. The average Bonchev–Trinajstić information content (AvgIpc) is 2.67. The highest BCUT2D eigenvalue weighted by molar-refractivity contribution is 7.99. The Bertz CT molecular complexity index is 210. The minimum atomic E-state index is -3.23. The number of hydrogen-bond donors (Lipinski definition) is 3. The molecule has 0 aromatic carbocycles. The van der Waals surface area contributed by atoms with E-state index in [-0.39, 0.29) is 0 Å². The van der Waals surface area contributed by atoms with Crippen LogP contribution < -0.4 is 10.6 Å². The van der Waals surface area contributed by atoms with Crippen molar-refractivity contribution in [3.63, 3.8) is 0 Å². The standard InChI is InChI=1S/C7H12F2N2O2S/c8-7(9,3-12)2-10-6(13)5-1-14-4-11-5/h5,11-12H,1-4H2,(H,10,13). The maximum atomic E-state index is 12.5. The van der Waals surface area contributed by atoms with Crippen LogP contribution in [-0.4, -0.2) is 47.8 Å². The van der Waals surface area contributed by atoms with Crippen LogP contribution in [0.25, 0.3) is 0 Å². The summed E-state index contributed by atoms with van der Waals surface area (Å²) in [6, 6.07) is -0.394. The Morgan fingerprint density at radius 2 is 2.43 bits per heavy atom. The fourth-order valence-electron chi connectivity index (χ4n) is 0.959. The van der Waals surface area contributed by atoms with E-state index in [1.54, 1.807) is 11.8 Å². The Kier molecular flexibility index (Phi) is 4.09. The predicted octanol–water partition coefficient (Wildman–Crippen LogP) is -0.607. The largest absolute Gasteiger partial charge is 0.390 e. The van der Waals surface area contributed by atoms with E-state index in [0.717, 1.165) is 0 Å². The lowest BCUT2D eigenvalue weighted by atomic mass is 10.3. The highest BCUT2D eigenvalue weighted by atomic mass is 32.2. The van der Waals surface area contributed by atoms with Crippen LogP contribution >= 0.6 is 11.8 Å². The van der Waals surface area contributed by atoms with Gasteiger partial charge in [0.2, 0.25) is 5.91 Å². The molecule has 0 aliphatic carbocycles. The molecule has 14 heavy (non-hydrogen) atoms. The van der Waals surface area contributed by atoms with Crippen molar-refractivity contribution in [2.24, 2.45) is 0 Å². The molecule has 7 heteroatoms. The van der Waals surface area contributed by atoms with Crippen LogP contribution in [0.1, 0.15) is 0 Å². The molecule has 82 valence electrons. The minimum Gasteiger partial charge on any atom is -0.390 e. The van der Waals surface area contributed by atoms with E-state index in [2.05, 4.69) is 10.6 Å². The van der Waals surface area contributed by atoms with E-state index in [4.69, 9.17) is 5.11 Å². The molecule has 0 radical (unpaired) electrons. The average molecular weight is 226 g/mol. The second-order valence-corrected chi connectivity index (χ2v) is 4.03. The van der Waals surface area contributed by atoms with Crippen molar-refractivity contribution in [1.29, 1.82) is 0 Å². The summed E-state index contributed by atoms with van der Waals surface area (Å²) in [7, 11) is 0. The Hall–Kier alpha value is -0.400. The van der Waals surface area contributed by atoms with E-state index < -0.39 is 31.0 Å². The molecule has 3 N–H and O–H groups in total. The number of carbonyl (C=O) groups is 1. The van der Waals surface area contributed by atoms with Crippen molar-refractivity contribution >= 4 is 17.7 Å². The fourth-order valence-corrected chi connectivity index (χ4v) is 1.90. The van der Waals surface area contributed by atoms with Crippen LogP contribution in [0.4, 0.5) is 8.78 Å². The van der Waals surface area contributed by atoms with Crippen molar-refractivity contribution in [3.8, 4) is 0 Å². The third-order valence-electron chi connectivity index (χ3n) is 1.79. The van der Waals surface area contributed by atoms with Gasteiger partial charge in [0.1, 0.15) is 6.61 Å². The van der Waals surface area contributed by atoms with E-state index in [0.29, 0.717) is 11.6 Å². The first-order valence-electron chi connectivity index (χ1n) is 4.13. The third kappa shape index (κ3) is 3.39. The van der Waals surface area contributed by atoms with Gasteiger partial charge in [-0.3, -0.25) is 10.1 Å². The number of hydrogen-bond acceptors (Lipinski definition) is 4. The number of aliphatic hydroxyl groups excluding tert-OH is 1. The molecule has 1 rings (SSSR count). The van der Waals surface area contributed by atoms with Gasteiger partial charge in [-0.05, 0) is 0 Å². The number of alkyl halides is 2. The zero-order valence-corrected chi connectivity index (χ0v) is 8.24. The Morgan fingerprint density at radius 3 is 2.93 bits per heavy atom. The van der Waals surface area contributed by atoms with Gasteiger partial charge in [-0.25, -0.2) is 8.78 Å². The van der Waals surface area contributed by atoms with Gasteiger partial charge in [0, 0.05) is 11.6 Å². The highest BCUT2D eigenvalue weighted by Gasteiger charge is 2.30. The molecule has 1 aliphatic rings. The maximum absolute atomic E-state index is 12.5. The lowest BCUT2D eigenvalue weighted by Gasteiger charge is -2.15. The monoisotopic (exact) mass is 226 g/mol. The van der Waals surface area contributed by atoms with Crippen molar-refractivity contribution in [1.82, 2.24) is 10.6 Å². The predicted molar refractivity (Wildman–Crippen MR) is 49.3 cm³/mol. The van der Waals surface area contributed by atoms with Gasteiger partial charge in [0.15, 0.2) is 0 Å². The van der Waals surface area contributed by atoms with E-state index in [1.807, 2.05) is 0 Å². The number of halogens is 2. The molecule has 1 unspecified atom stereocenters. The normalized spacial score (nSPS) is 22.4. The lowest BCUT2D eigenvalue weighted by Crippen LogP contribution is -2.47. The van der Waals surface area contributed by atoms with Crippen molar-refractivity contribution in [2.45, 2.75) is 12.0 Å². The van der Waals surface area contributed by atoms with Crippen molar-refractivity contribution in [2.75, 3.05) is 24.8 Å². The number of amides is 1. The minimum absolute atomic E-state index is 0.394. The number of carbonyl (C=O) groups excluding carboxylic acids is 1. The molecule has 0 saturated carbocycles. The van der Waals surface area contributed by atoms with Crippen LogP contribution in [0, 0.1) is 0 Å². The summed E-state index contributed by atoms with van der Waals surface area (Å²) in [5.41, 5.74) is 0. The van der Waals surface area contributed by atoms with Crippen LogP contribution in [-0.2, 0) is 4.79 Å². The Balaban J connectivity index is 2.27. The summed E-state index contributed by atoms with van der Waals surface area (Å²) in [5, 5.41) is 13.2. The van der Waals surface area contributed by atoms with E-state index >= 15 is 0 Å². The number of rotatable bonds is 4. The smallest absolute Gasteiger partial charge is 0.287 e. The first-order valence-corrected chi connectivity index (χ1v) is 5.28. The summed E-state index contributed by atoms with van der Waals surface area (Å²) >= 11 is 1.54. The maximum Gasteiger partial charge on any atom is 0.287 e. The molecule has 1 aliphatic heterocycles. The van der Waals surface area contributed by atoms with Crippen LogP contribution in [0.5, 0.6) is 0 Å². The zero-order chi connectivity index (χ0) is 10.6. The molecule has 1 fully saturated rings. The van der Waals surface area contributed by atoms with Gasteiger partial charge in [0.05, 0.1) is 12.6 Å². The first-order chi connectivity index (χ1) is 6.55. The summed E-state index contributed by atoms with van der Waals surface area (Å²) < 4.78 is 25.0.